The third-order valence-corrected chi connectivity index (χ3v) is 6.98. The Hall–Kier alpha value is -3.26. The normalized spacial score (nSPS) is 19.8. The number of furan rings is 1. The number of anilines is 2. The average Bonchev–Trinajstić information content (AvgIpc) is 3.56. The van der Waals surface area contributed by atoms with Crippen molar-refractivity contribution < 1.29 is 13.9 Å². The van der Waals surface area contributed by atoms with E-state index in [1.165, 1.54) is 0 Å². The minimum Gasteiger partial charge on any atom is -0.489 e. The van der Waals surface area contributed by atoms with E-state index in [9.17, 15) is 4.79 Å². The minimum atomic E-state index is -0.214. The molecule has 1 aromatic carbocycles. The number of hydrazone groups is 1. The number of para-hydroxylation sites is 1. The Kier molecular flexibility index (Phi) is 4.45. The van der Waals surface area contributed by atoms with Gasteiger partial charge in [0.2, 0.25) is 0 Å². The molecular weight excluding hydrogens is 412 g/mol. The van der Waals surface area contributed by atoms with E-state index in [2.05, 4.69) is 15.9 Å². The largest absolute Gasteiger partial charge is 0.489 e. The lowest BCUT2D eigenvalue weighted by Gasteiger charge is -2.41. The maximum Gasteiger partial charge on any atom is 0.262 e. The zero-order valence-electron chi connectivity index (χ0n) is 16.9. The highest BCUT2D eigenvalue weighted by Gasteiger charge is 2.37. The van der Waals surface area contributed by atoms with Gasteiger partial charge in [0.05, 0.1) is 35.6 Å². The quantitative estimate of drug-likeness (QED) is 0.626. The third-order valence-electron chi connectivity index (χ3n) is 6.06. The first-order chi connectivity index (χ1) is 15.3. The highest BCUT2D eigenvalue weighted by atomic mass is 32.1. The van der Waals surface area contributed by atoms with Gasteiger partial charge in [0, 0.05) is 19.5 Å². The molecule has 1 amide bonds. The molecule has 3 aliphatic heterocycles. The van der Waals surface area contributed by atoms with Gasteiger partial charge in [0.15, 0.2) is 0 Å². The number of thiophene rings is 1. The maximum absolute atomic E-state index is 13.5. The lowest BCUT2D eigenvalue weighted by atomic mass is 10.1. The lowest BCUT2D eigenvalue weighted by molar-refractivity contribution is -0.131. The second-order valence-electron chi connectivity index (χ2n) is 7.88. The minimum absolute atomic E-state index is 0.0317. The summed E-state index contributed by atoms with van der Waals surface area (Å²) < 4.78 is 11.5. The second-order valence-corrected chi connectivity index (χ2v) is 8.83. The van der Waals surface area contributed by atoms with Crippen molar-refractivity contribution in [1.82, 2.24) is 5.01 Å². The standard InChI is InChI=1S/C23H22N4O3S/c28-22(15-26-9-8-25-10-12-30-20-5-1-4-17(26)23(20)25)27-18(19-6-2-11-29-19)14-16(24-27)21-7-3-13-31-21/h1-7,11,13,18H,8-10,12,14-15H2. The van der Waals surface area contributed by atoms with Crippen LogP contribution in [0.5, 0.6) is 5.75 Å². The van der Waals surface area contributed by atoms with Gasteiger partial charge in [0.1, 0.15) is 29.8 Å². The van der Waals surface area contributed by atoms with Crippen LogP contribution >= 0.6 is 11.3 Å². The maximum atomic E-state index is 13.5. The molecule has 1 unspecified atom stereocenters. The Morgan fingerprint density at radius 1 is 1.13 bits per heavy atom. The van der Waals surface area contributed by atoms with E-state index in [1.807, 2.05) is 41.8 Å². The molecule has 3 aliphatic rings. The van der Waals surface area contributed by atoms with E-state index in [0.29, 0.717) is 13.0 Å². The Bertz CT molecular complexity index is 1130. The third kappa shape index (κ3) is 3.18. The van der Waals surface area contributed by atoms with Gasteiger partial charge in [-0.15, -0.1) is 11.3 Å². The van der Waals surface area contributed by atoms with Crippen molar-refractivity contribution in [1.29, 1.82) is 0 Å². The topological polar surface area (TPSA) is 61.5 Å². The number of benzene rings is 1. The molecule has 8 heteroatoms. The predicted molar refractivity (Wildman–Crippen MR) is 120 cm³/mol. The van der Waals surface area contributed by atoms with Crippen LogP contribution in [-0.2, 0) is 4.79 Å². The molecule has 7 nitrogen and oxygen atoms in total. The van der Waals surface area contributed by atoms with Gasteiger partial charge >= 0.3 is 0 Å². The molecule has 2 aromatic heterocycles. The van der Waals surface area contributed by atoms with Gasteiger partial charge in [-0.1, -0.05) is 12.1 Å². The zero-order chi connectivity index (χ0) is 20.8. The zero-order valence-corrected chi connectivity index (χ0v) is 17.8. The highest BCUT2D eigenvalue weighted by Crippen LogP contribution is 2.43. The molecule has 0 saturated heterocycles. The van der Waals surface area contributed by atoms with Crippen molar-refractivity contribution in [3.05, 3.63) is 64.7 Å². The van der Waals surface area contributed by atoms with Crippen LogP contribution in [0.2, 0.25) is 0 Å². The summed E-state index contributed by atoms with van der Waals surface area (Å²) in [6.07, 6.45) is 2.30. The van der Waals surface area contributed by atoms with Gasteiger partial charge in [0.25, 0.3) is 5.91 Å². The summed E-state index contributed by atoms with van der Waals surface area (Å²) in [4.78, 5) is 19.1. The summed E-state index contributed by atoms with van der Waals surface area (Å²) in [5, 5.41) is 8.39. The van der Waals surface area contributed by atoms with Crippen LogP contribution in [0.25, 0.3) is 0 Å². The molecular formula is C23H22N4O3S. The van der Waals surface area contributed by atoms with Crippen molar-refractivity contribution >= 4 is 34.3 Å². The fourth-order valence-corrected chi connectivity index (χ4v) is 5.32. The van der Waals surface area contributed by atoms with Gasteiger partial charge in [-0.3, -0.25) is 4.79 Å². The second kappa shape index (κ2) is 7.46. The molecule has 0 bridgehead atoms. The number of rotatable bonds is 4. The summed E-state index contributed by atoms with van der Waals surface area (Å²) in [5.74, 6) is 1.63. The van der Waals surface area contributed by atoms with Gasteiger partial charge in [-0.2, -0.15) is 5.10 Å². The Balaban J connectivity index is 1.29. The summed E-state index contributed by atoms with van der Waals surface area (Å²) >= 11 is 1.64. The van der Waals surface area contributed by atoms with Gasteiger partial charge in [-0.25, -0.2) is 5.01 Å². The van der Waals surface area contributed by atoms with E-state index < -0.39 is 0 Å². The van der Waals surface area contributed by atoms with E-state index in [4.69, 9.17) is 14.3 Å². The molecule has 31 heavy (non-hydrogen) atoms. The Morgan fingerprint density at radius 2 is 2.10 bits per heavy atom. The summed E-state index contributed by atoms with van der Waals surface area (Å²) in [5.41, 5.74) is 3.08. The van der Waals surface area contributed by atoms with Crippen LogP contribution in [0.1, 0.15) is 23.1 Å². The van der Waals surface area contributed by atoms with Crippen molar-refractivity contribution in [2.24, 2.45) is 5.10 Å². The van der Waals surface area contributed by atoms with E-state index >= 15 is 0 Å². The van der Waals surface area contributed by atoms with Gasteiger partial charge < -0.3 is 19.0 Å². The van der Waals surface area contributed by atoms with E-state index in [0.717, 1.165) is 53.1 Å². The van der Waals surface area contributed by atoms with E-state index in [1.54, 1.807) is 22.6 Å². The SMILES string of the molecule is O=C(CN1CCN2CCOc3cccc1c32)N1N=C(c2cccs2)CC1c1ccco1. The number of carbonyl (C=O) groups is 1. The Labute approximate surface area is 184 Å². The van der Waals surface area contributed by atoms with Crippen LogP contribution in [0.3, 0.4) is 0 Å². The molecule has 0 radical (unpaired) electrons. The number of hydrogen-bond donors (Lipinski definition) is 0. The number of ether oxygens (including phenoxy) is 1. The summed E-state index contributed by atoms with van der Waals surface area (Å²) in [7, 11) is 0. The molecule has 5 heterocycles. The van der Waals surface area contributed by atoms with Crippen LogP contribution < -0.4 is 14.5 Å². The molecule has 3 aromatic rings. The molecule has 0 aliphatic carbocycles. The molecule has 0 N–H and O–H groups in total. The first-order valence-corrected chi connectivity index (χ1v) is 11.4. The van der Waals surface area contributed by atoms with Crippen molar-refractivity contribution in [2.75, 3.05) is 42.6 Å². The molecule has 158 valence electrons. The predicted octanol–water partition coefficient (Wildman–Crippen LogP) is 3.74. The highest BCUT2D eigenvalue weighted by molar-refractivity contribution is 7.12. The number of carbonyl (C=O) groups excluding carboxylic acids is 1. The lowest BCUT2D eigenvalue weighted by Crippen LogP contribution is -2.48. The molecule has 6 rings (SSSR count). The number of amides is 1. The number of nitrogens with zero attached hydrogens (tertiary/aromatic N) is 4. The van der Waals surface area contributed by atoms with Crippen LogP contribution in [0, 0.1) is 0 Å². The summed E-state index contributed by atoms with van der Waals surface area (Å²) in [6, 6.07) is 13.7. The summed E-state index contributed by atoms with van der Waals surface area (Å²) in [6.45, 7) is 3.53. The van der Waals surface area contributed by atoms with Crippen LogP contribution in [0.4, 0.5) is 11.4 Å². The Morgan fingerprint density at radius 3 is 2.94 bits per heavy atom. The monoisotopic (exact) mass is 434 g/mol. The molecule has 0 spiro atoms. The molecule has 1 atom stereocenters. The fraction of sp³-hybridized carbons (Fsp3) is 0.304. The first kappa shape index (κ1) is 18.5. The van der Waals surface area contributed by atoms with Crippen molar-refractivity contribution in [2.45, 2.75) is 12.5 Å². The van der Waals surface area contributed by atoms with Crippen molar-refractivity contribution in [3.63, 3.8) is 0 Å². The fourth-order valence-electron chi connectivity index (χ4n) is 4.60. The average molecular weight is 435 g/mol. The van der Waals surface area contributed by atoms with Crippen molar-refractivity contribution in [3.8, 4) is 5.75 Å². The smallest absolute Gasteiger partial charge is 0.262 e. The molecule has 0 fully saturated rings. The van der Waals surface area contributed by atoms with Crippen LogP contribution in [-0.4, -0.2) is 49.4 Å². The van der Waals surface area contributed by atoms with E-state index in [-0.39, 0.29) is 18.5 Å². The van der Waals surface area contributed by atoms with Crippen LogP contribution in [0.15, 0.2) is 63.6 Å². The number of hydrogen-bond acceptors (Lipinski definition) is 7. The molecule has 0 saturated carbocycles. The van der Waals surface area contributed by atoms with Gasteiger partial charge in [-0.05, 0) is 35.7 Å². The first-order valence-electron chi connectivity index (χ1n) is 10.5.